The number of urea groups is 1. The van der Waals surface area contributed by atoms with Crippen molar-refractivity contribution in [1.82, 2.24) is 10.6 Å². The van der Waals surface area contributed by atoms with Crippen molar-refractivity contribution in [3.63, 3.8) is 0 Å². The van der Waals surface area contributed by atoms with Crippen LogP contribution in [0.5, 0.6) is 0 Å². The number of hydrogen-bond acceptors (Lipinski definition) is 2. The number of benzene rings is 1. The first-order valence-corrected chi connectivity index (χ1v) is 8.70. The van der Waals surface area contributed by atoms with Crippen LogP contribution >= 0.6 is 0 Å². The molecule has 4 nitrogen and oxygen atoms in total. The molecule has 1 aromatic carbocycles. The van der Waals surface area contributed by atoms with Crippen molar-refractivity contribution in [2.45, 2.75) is 38.3 Å². The molecular formula is C15H22N2O2S. The van der Waals surface area contributed by atoms with Crippen LogP contribution in [0.3, 0.4) is 0 Å². The molecule has 2 amide bonds. The fraction of sp³-hybridized carbons (Fsp3) is 0.533. The maximum Gasteiger partial charge on any atom is 0.315 e. The highest BCUT2D eigenvalue weighted by atomic mass is 32.2. The first kappa shape index (κ1) is 15.0. The van der Waals surface area contributed by atoms with Gasteiger partial charge >= 0.3 is 6.03 Å². The Morgan fingerprint density at radius 3 is 2.55 bits per heavy atom. The summed E-state index contributed by atoms with van der Waals surface area (Å²) in [7, 11) is -0.896. The molecule has 0 bridgehead atoms. The van der Waals surface area contributed by atoms with Crippen LogP contribution in [0, 0.1) is 0 Å². The van der Waals surface area contributed by atoms with E-state index in [2.05, 4.69) is 34.9 Å². The Morgan fingerprint density at radius 1 is 1.35 bits per heavy atom. The molecule has 0 saturated heterocycles. The molecule has 0 spiro atoms. The highest BCUT2D eigenvalue weighted by molar-refractivity contribution is 7.84. The Labute approximate surface area is 122 Å². The molecule has 1 aliphatic rings. The van der Waals surface area contributed by atoms with Crippen molar-refractivity contribution < 1.29 is 9.00 Å². The predicted octanol–water partition coefficient (Wildman–Crippen LogP) is 2.13. The average molecular weight is 294 g/mol. The lowest BCUT2D eigenvalue weighted by Crippen LogP contribution is -2.42. The molecule has 0 radical (unpaired) electrons. The van der Waals surface area contributed by atoms with Crippen LogP contribution in [0.15, 0.2) is 24.3 Å². The normalized spacial score (nSPS) is 17.3. The Morgan fingerprint density at radius 2 is 2.00 bits per heavy atom. The number of hydrogen-bond donors (Lipinski definition) is 2. The number of nitrogens with one attached hydrogen (secondary N) is 2. The van der Waals surface area contributed by atoms with Crippen LogP contribution in [-0.2, 0) is 17.3 Å². The van der Waals surface area contributed by atoms with Gasteiger partial charge in [0.25, 0.3) is 0 Å². The Balaban J connectivity index is 1.73. The zero-order valence-electron chi connectivity index (χ0n) is 12.0. The molecule has 5 heteroatoms. The summed E-state index contributed by atoms with van der Waals surface area (Å²) < 4.78 is 11.0. The van der Waals surface area contributed by atoms with Crippen LogP contribution in [-0.4, -0.2) is 28.3 Å². The molecule has 2 N–H and O–H groups in total. The molecule has 0 aliphatic heterocycles. The second-order valence-corrected chi connectivity index (χ2v) is 6.96. The summed E-state index contributed by atoms with van der Waals surface area (Å²) in [6.45, 7) is 2.37. The molecular weight excluding hydrogens is 272 g/mol. The van der Waals surface area contributed by atoms with E-state index in [9.17, 15) is 9.00 Å². The third-order valence-electron chi connectivity index (χ3n) is 3.34. The lowest BCUT2D eigenvalue weighted by molar-refractivity contribution is 0.238. The van der Waals surface area contributed by atoms with Gasteiger partial charge in [0.15, 0.2) is 0 Å². The minimum atomic E-state index is -0.896. The molecule has 2 atom stereocenters. The molecule has 0 unspecified atom stereocenters. The fourth-order valence-corrected chi connectivity index (χ4v) is 2.96. The highest BCUT2D eigenvalue weighted by Crippen LogP contribution is 2.39. The summed E-state index contributed by atoms with van der Waals surface area (Å²) in [6.07, 6.45) is 4.24. The van der Waals surface area contributed by atoms with Crippen molar-refractivity contribution in [3.8, 4) is 0 Å². The van der Waals surface area contributed by atoms with Crippen molar-refractivity contribution in [2.75, 3.05) is 12.0 Å². The van der Waals surface area contributed by atoms with E-state index >= 15 is 0 Å². The van der Waals surface area contributed by atoms with Gasteiger partial charge < -0.3 is 10.6 Å². The van der Waals surface area contributed by atoms with E-state index in [1.807, 2.05) is 6.92 Å². The van der Waals surface area contributed by atoms with Crippen LogP contribution in [0.25, 0.3) is 0 Å². The van der Waals surface area contributed by atoms with Crippen LogP contribution in [0.2, 0.25) is 0 Å². The number of carbonyl (C=O) groups excluding carboxylic acids is 1. The van der Waals surface area contributed by atoms with E-state index in [4.69, 9.17) is 0 Å². The largest absolute Gasteiger partial charge is 0.335 e. The predicted molar refractivity (Wildman–Crippen MR) is 82.2 cm³/mol. The van der Waals surface area contributed by atoms with Crippen LogP contribution < -0.4 is 10.6 Å². The third-order valence-corrected chi connectivity index (χ3v) is 4.31. The Bertz CT molecular complexity index is 483. The van der Waals surface area contributed by atoms with E-state index in [1.54, 1.807) is 6.26 Å². The first-order valence-electron chi connectivity index (χ1n) is 6.98. The van der Waals surface area contributed by atoms with Crippen LogP contribution in [0.1, 0.15) is 36.8 Å². The Hall–Kier alpha value is -1.36. The fourth-order valence-electron chi connectivity index (χ4n) is 2.18. The summed E-state index contributed by atoms with van der Waals surface area (Å²) in [6, 6.07) is 8.13. The molecule has 1 aromatic rings. The van der Waals surface area contributed by atoms with Crippen LogP contribution in [0.4, 0.5) is 4.79 Å². The second kappa shape index (κ2) is 6.88. The number of rotatable bonds is 6. The zero-order chi connectivity index (χ0) is 14.5. The minimum Gasteiger partial charge on any atom is -0.335 e. The van der Waals surface area contributed by atoms with E-state index in [0.29, 0.717) is 12.3 Å². The summed E-state index contributed by atoms with van der Waals surface area (Å²) in [5.41, 5.74) is 2.49. The smallest absolute Gasteiger partial charge is 0.315 e. The average Bonchev–Trinajstić information content (AvgIpc) is 3.20. The molecule has 1 saturated carbocycles. The van der Waals surface area contributed by atoms with E-state index in [1.165, 1.54) is 18.4 Å². The van der Waals surface area contributed by atoms with E-state index in [0.717, 1.165) is 11.5 Å². The van der Waals surface area contributed by atoms with Crippen molar-refractivity contribution in [3.05, 3.63) is 35.4 Å². The van der Waals surface area contributed by atoms with Gasteiger partial charge in [0.1, 0.15) is 0 Å². The topological polar surface area (TPSA) is 58.2 Å². The number of amides is 2. The maximum absolute atomic E-state index is 11.7. The van der Waals surface area contributed by atoms with Gasteiger partial charge in [-0.15, -0.1) is 0 Å². The zero-order valence-corrected chi connectivity index (χ0v) is 12.8. The Kier molecular flexibility index (Phi) is 5.17. The van der Waals surface area contributed by atoms with Crippen molar-refractivity contribution in [1.29, 1.82) is 0 Å². The molecule has 0 aromatic heterocycles. The second-order valence-electron chi connectivity index (χ2n) is 5.48. The van der Waals surface area contributed by atoms with Gasteiger partial charge in [-0.25, -0.2) is 4.79 Å². The molecule has 2 rings (SSSR count). The van der Waals surface area contributed by atoms with Gasteiger partial charge in [0.05, 0.1) is 0 Å². The van der Waals surface area contributed by atoms with Gasteiger partial charge in [0.2, 0.25) is 0 Å². The summed E-state index contributed by atoms with van der Waals surface area (Å²) in [4.78, 5) is 11.7. The van der Waals surface area contributed by atoms with Gasteiger partial charge in [-0.3, -0.25) is 4.21 Å². The molecule has 1 fully saturated rings. The van der Waals surface area contributed by atoms with Gasteiger partial charge in [-0.1, -0.05) is 24.3 Å². The first-order chi connectivity index (χ1) is 9.54. The summed E-state index contributed by atoms with van der Waals surface area (Å²) >= 11 is 0. The molecule has 110 valence electrons. The molecule has 20 heavy (non-hydrogen) atoms. The standard InChI is InChI=1S/C15H22N2O2S/c1-11(10-20(2)19)17-15(18)16-9-12-3-5-13(6-4-12)14-7-8-14/h3-6,11,14H,7-10H2,1-2H3,(H2,16,17,18)/t11-,20-/m1/s1. The lowest BCUT2D eigenvalue weighted by Gasteiger charge is -2.13. The maximum atomic E-state index is 11.7. The quantitative estimate of drug-likeness (QED) is 0.844. The van der Waals surface area contributed by atoms with E-state index < -0.39 is 10.8 Å². The molecule has 1 aliphatic carbocycles. The summed E-state index contributed by atoms with van der Waals surface area (Å²) in [5.74, 6) is 1.24. The SMILES string of the molecule is C[C@H](C[S@@](C)=O)NC(=O)NCc1ccc(C2CC2)cc1. The highest BCUT2D eigenvalue weighted by Gasteiger charge is 2.22. The van der Waals surface area contributed by atoms with E-state index in [-0.39, 0.29) is 12.1 Å². The van der Waals surface area contributed by atoms with Crippen molar-refractivity contribution in [2.24, 2.45) is 0 Å². The van der Waals surface area contributed by atoms with Gasteiger partial charge in [-0.05, 0) is 36.8 Å². The van der Waals surface area contributed by atoms with Gasteiger partial charge in [-0.2, -0.15) is 0 Å². The van der Waals surface area contributed by atoms with Gasteiger partial charge in [0, 0.05) is 35.4 Å². The minimum absolute atomic E-state index is 0.0851. The lowest BCUT2D eigenvalue weighted by atomic mass is 10.1. The number of carbonyl (C=O) groups is 1. The summed E-state index contributed by atoms with van der Waals surface area (Å²) in [5, 5.41) is 5.60. The third kappa shape index (κ3) is 4.96. The van der Waals surface area contributed by atoms with Crippen molar-refractivity contribution >= 4 is 16.8 Å². The molecule has 0 heterocycles. The monoisotopic (exact) mass is 294 g/mol.